The predicted molar refractivity (Wildman–Crippen MR) is 106 cm³/mol. The number of aromatic nitrogens is 4. The van der Waals surface area contributed by atoms with Gasteiger partial charge in [-0.2, -0.15) is 0 Å². The van der Waals surface area contributed by atoms with E-state index in [0.29, 0.717) is 23.5 Å². The number of carbonyl (C=O) groups is 1. The number of hydrogen-bond donors (Lipinski definition) is 1. The highest BCUT2D eigenvalue weighted by molar-refractivity contribution is 7.89. The topological polar surface area (TPSA) is 119 Å². The number of tetrazole rings is 1. The predicted octanol–water partition coefficient (Wildman–Crippen LogP) is 1.56. The van der Waals surface area contributed by atoms with Crippen molar-refractivity contribution in [1.29, 1.82) is 0 Å². The van der Waals surface area contributed by atoms with Crippen LogP contribution in [0.15, 0.2) is 53.7 Å². The molecule has 0 aliphatic carbocycles. The summed E-state index contributed by atoms with van der Waals surface area (Å²) in [4.78, 5) is 12.6. The van der Waals surface area contributed by atoms with Crippen LogP contribution in [0.25, 0.3) is 5.69 Å². The molecule has 0 aliphatic rings. The molecule has 29 heavy (non-hydrogen) atoms. The van der Waals surface area contributed by atoms with E-state index in [0.717, 1.165) is 4.31 Å². The lowest BCUT2D eigenvalue weighted by atomic mass is 10.2. The number of ether oxygens (including phenoxy) is 1. The van der Waals surface area contributed by atoms with Gasteiger partial charge in [-0.15, -0.1) is 5.10 Å². The number of nitrogens with one attached hydrogen (secondary N) is 1. The van der Waals surface area contributed by atoms with E-state index >= 15 is 0 Å². The lowest BCUT2D eigenvalue weighted by molar-refractivity contribution is 0.102. The van der Waals surface area contributed by atoms with Crippen molar-refractivity contribution in [2.24, 2.45) is 0 Å². The quantitative estimate of drug-likeness (QED) is 0.621. The van der Waals surface area contributed by atoms with Crippen LogP contribution in [0, 0.1) is 0 Å². The smallest absolute Gasteiger partial charge is 0.255 e. The molecule has 0 fully saturated rings. The molecule has 0 unspecified atom stereocenters. The second-order valence-electron chi connectivity index (χ2n) is 6.14. The van der Waals surface area contributed by atoms with Gasteiger partial charge < -0.3 is 10.1 Å². The number of anilines is 1. The largest absolute Gasteiger partial charge is 0.492 e. The molecule has 1 N–H and O–H groups in total. The van der Waals surface area contributed by atoms with Gasteiger partial charge in [0.05, 0.1) is 12.3 Å². The van der Waals surface area contributed by atoms with Crippen LogP contribution < -0.4 is 10.1 Å². The van der Waals surface area contributed by atoms with Crippen LogP contribution in [0.4, 0.5) is 5.69 Å². The third kappa shape index (κ3) is 4.41. The van der Waals surface area contributed by atoms with E-state index in [-0.39, 0.29) is 16.6 Å². The highest BCUT2D eigenvalue weighted by Gasteiger charge is 2.23. The molecule has 1 heterocycles. The second kappa shape index (κ2) is 8.37. The molecule has 0 radical (unpaired) electrons. The van der Waals surface area contributed by atoms with E-state index < -0.39 is 10.0 Å². The number of benzene rings is 2. The van der Waals surface area contributed by atoms with Gasteiger partial charge in [0.2, 0.25) is 10.0 Å². The molecule has 152 valence electrons. The molecule has 1 amide bonds. The van der Waals surface area contributed by atoms with Gasteiger partial charge >= 0.3 is 0 Å². The molecular formula is C18H20N6O4S. The summed E-state index contributed by atoms with van der Waals surface area (Å²) in [6.07, 6.45) is 1.45. The maximum atomic E-state index is 12.6. The molecular weight excluding hydrogens is 396 g/mol. The molecule has 0 aliphatic heterocycles. The Kier molecular flexibility index (Phi) is 5.89. The fraction of sp³-hybridized carbons (Fsp3) is 0.222. The van der Waals surface area contributed by atoms with Crippen LogP contribution in [-0.4, -0.2) is 59.5 Å². The monoisotopic (exact) mass is 416 g/mol. The first-order chi connectivity index (χ1) is 13.8. The Morgan fingerprint density at radius 2 is 1.90 bits per heavy atom. The highest BCUT2D eigenvalue weighted by atomic mass is 32.2. The zero-order valence-electron chi connectivity index (χ0n) is 16.1. The van der Waals surface area contributed by atoms with E-state index in [1.165, 1.54) is 37.2 Å². The maximum Gasteiger partial charge on any atom is 0.255 e. The molecule has 3 aromatic rings. The summed E-state index contributed by atoms with van der Waals surface area (Å²) in [6, 6.07) is 11.1. The Morgan fingerprint density at radius 1 is 1.17 bits per heavy atom. The number of sulfonamides is 1. The zero-order valence-corrected chi connectivity index (χ0v) is 16.9. The van der Waals surface area contributed by atoms with Gasteiger partial charge in [0.15, 0.2) is 0 Å². The Balaban J connectivity index is 1.85. The van der Waals surface area contributed by atoms with Crippen molar-refractivity contribution in [1.82, 2.24) is 24.5 Å². The van der Waals surface area contributed by atoms with Gasteiger partial charge in [0.1, 0.15) is 17.0 Å². The SMILES string of the molecule is CCOc1ccc(NC(=O)c2ccc(-n3cnnn3)cc2)cc1S(=O)(=O)N(C)C. The minimum atomic E-state index is -3.75. The average Bonchev–Trinajstić information content (AvgIpc) is 3.24. The third-order valence-corrected chi connectivity index (χ3v) is 5.84. The van der Waals surface area contributed by atoms with Gasteiger partial charge in [0, 0.05) is 25.3 Å². The van der Waals surface area contributed by atoms with Gasteiger partial charge in [-0.3, -0.25) is 4.79 Å². The molecule has 0 atom stereocenters. The van der Waals surface area contributed by atoms with Crippen LogP contribution in [0.5, 0.6) is 5.75 Å². The first-order valence-electron chi connectivity index (χ1n) is 8.67. The van der Waals surface area contributed by atoms with Crippen molar-refractivity contribution in [2.75, 3.05) is 26.0 Å². The number of rotatable bonds is 7. The van der Waals surface area contributed by atoms with Crippen LogP contribution >= 0.6 is 0 Å². The Hall–Kier alpha value is -3.31. The first-order valence-corrected chi connectivity index (χ1v) is 10.1. The average molecular weight is 416 g/mol. The summed E-state index contributed by atoms with van der Waals surface area (Å²) in [5, 5.41) is 13.6. The highest BCUT2D eigenvalue weighted by Crippen LogP contribution is 2.29. The second-order valence-corrected chi connectivity index (χ2v) is 8.26. The van der Waals surface area contributed by atoms with Gasteiger partial charge in [0.25, 0.3) is 5.91 Å². The molecule has 0 saturated carbocycles. The number of nitrogens with zero attached hydrogens (tertiary/aromatic N) is 5. The minimum absolute atomic E-state index is 0.0174. The van der Waals surface area contributed by atoms with Gasteiger partial charge in [-0.05, 0) is 59.8 Å². The first kappa shape index (κ1) is 20.4. The molecule has 2 aromatic carbocycles. The summed E-state index contributed by atoms with van der Waals surface area (Å²) in [5.74, 6) is -0.157. The summed E-state index contributed by atoms with van der Waals surface area (Å²) in [5.41, 5.74) is 1.43. The van der Waals surface area contributed by atoms with Crippen molar-refractivity contribution in [2.45, 2.75) is 11.8 Å². The fourth-order valence-corrected chi connectivity index (χ4v) is 3.56. The summed E-state index contributed by atoms with van der Waals surface area (Å²) in [6.45, 7) is 2.08. The van der Waals surface area contributed by atoms with E-state index in [1.807, 2.05) is 0 Å². The standard InChI is InChI=1S/C18H20N6O4S/c1-4-28-16-10-7-14(11-17(16)29(26,27)23(2)3)20-18(25)13-5-8-15(9-6-13)24-12-19-21-22-24/h5-12H,4H2,1-3H3,(H,20,25). The molecule has 3 rings (SSSR count). The van der Waals surface area contributed by atoms with E-state index in [4.69, 9.17) is 4.74 Å². The van der Waals surface area contributed by atoms with Crippen molar-refractivity contribution < 1.29 is 17.9 Å². The van der Waals surface area contributed by atoms with Crippen molar-refractivity contribution in [3.8, 4) is 11.4 Å². The van der Waals surface area contributed by atoms with Crippen LogP contribution in [0.1, 0.15) is 17.3 Å². The summed E-state index contributed by atoms with van der Waals surface area (Å²) in [7, 11) is -0.882. The lowest BCUT2D eigenvalue weighted by Gasteiger charge is -2.16. The summed E-state index contributed by atoms with van der Waals surface area (Å²) < 4.78 is 33.2. The molecule has 1 aromatic heterocycles. The minimum Gasteiger partial charge on any atom is -0.492 e. The summed E-state index contributed by atoms with van der Waals surface area (Å²) >= 11 is 0. The van der Waals surface area contributed by atoms with E-state index in [1.54, 1.807) is 37.3 Å². The molecule has 0 spiro atoms. The van der Waals surface area contributed by atoms with E-state index in [9.17, 15) is 13.2 Å². The normalized spacial score (nSPS) is 11.4. The molecule has 11 heteroatoms. The fourth-order valence-electron chi connectivity index (χ4n) is 2.51. The molecule has 0 saturated heterocycles. The number of amides is 1. The maximum absolute atomic E-state index is 12.6. The Labute approximate surface area is 168 Å². The van der Waals surface area contributed by atoms with Crippen molar-refractivity contribution in [3.63, 3.8) is 0 Å². The van der Waals surface area contributed by atoms with Crippen LogP contribution in [0.2, 0.25) is 0 Å². The Bertz CT molecular complexity index is 1100. The lowest BCUT2D eigenvalue weighted by Crippen LogP contribution is -2.23. The Morgan fingerprint density at radius 3 is 2.48 bits per heavy atom. The van der Waals surface area contributed by atoms with Crippen molar-refractivity contribution in [3.05, 3.63) is 54.4 Å². The molecule has 0 bridgehead atoms. The zero-order chi connectivity index (χ0) is 21.0. The third-order valence-electron chi connectivity index (χ3n) is 4.00. The number of hydrogen-bond acceptors (Lipinski definition) is 7. The van der Waals surface area contributed by atoms with Gasteiger partial charge in [-0.25, -0.2) is 17.4 Å². The van der Waals surface area contributed by atoms with Crippen molar-refractivity contribution >= 4 is 21.6 Å². The molecule has 10 nitrogen and oxygen atoms in total. The number of carbonyl (C=O) groups excluding carboxylic acids is 1. The van der Waals surface area contributed by atoms with E-state index in [2.05, 4.69) is 20.8 Å². The van der Waals surface area contributed by atoms with Gasteiger partial charge in [-0.1, -0.05) is 0 Å². The van der Waals surface area contributed by atoms with Crippen LogP contribution in [0.3, 0.4) is 0 Å². The van der Waals surface area contributed by atoms with Crippen LogP contribution in [-0.2, 0) is 10.0 Å².